The van der Waals surface area contributed by atoms with Crippen molar-refractivity contribution in [2.75, 3.05) is 20.1 Å². The van der Waals surface area contributed by atoms with Crippen molar-refractivity contribution in [3.63, 3.8) is 0 Å². The molecule has 29 heavy (non-hydrogen) atoms. The molecule has 2 aromatic carbocycles. The van der Waals surface area contributed by atoms with Gasteiger partial charge in [0, 0.05) is 17.7 Å². The second-order valence-electron chi connectivity index (χ2n) is 7.82. The van der Waals surface area contributed by atoms with Gasteiger partial charge in [0.25, 0.3) is 5.56 Å². The minimum Gasteiger partial charge on any atom is -0.310 e. The van der Waals surface area contributed by atoms with E-state index in [1.165, 1.54) is 0 Å². The number of piperidine rings is 1. The van der Waals surface area contributed by atoms with E-state index < -0.39 is 0 Å². The molecule has 1 fully saturated rings. The Morgan fingerprint density at radius 2 is 1.66 bits per heavy atom. The van der Waals surface area contributed by atoms with Crippen LogP contribution < -0.4 is 5.56 Å². The lowest BCUT2D eigenvalue weighted by atomic mass is 9.96. The van der Waals surface area contributed by atoms with Crippen molar-refractivity contribution in [3.8, 4) is 22.3 Å². The summed E-state index contributed by atoms with van der Waals surface area (Å²) in [4.78, 5) is 22.9. The number of rotatable bonds is 3. The molecule has 1 aliphatic heterocycles. The summed E-state index contributed by atoms with van der Waals surface area (Å²) in [5, 5.41) is 7.47. The molecule has 4 aromatic rings. The third-order valence-electron chi connectivity index (χ3n) is 5.88. The lowest BCUT2D eigenvalue weighted by molar-refractivity contribution is 0.251. The molecule has 146 valence electrons. The number of aromatic nitrogens is 4. The Morgan fingerprint density at radius 1 is 0.966 bits per heavy atom. The molecule has 0 aliphatic carbocycles. The van der Waals surface area contributed by atoms with E-state index in [4.69, 9.17) is 4.98 Å². The molecule has 2 N–H and O–H groups in total. The Labute approximate surface area is 168 Å². The Kier molecular flexibility index (Phi) is 4.48. The third-order valence-corrected chi connectivity index (χ3v) is 5.88. The van der Waals surface area contributed by atoms with Gasteiger partial charge in [-0.1, -0.05) is 30.3 Å². The molecule has 6 nitrogen and oxygen atoms in total. The summed E-state index contributed by atoms with van der Waals surface area (Å²) < 4.78 is 0. The minimum atomic E-state index is -0.0548. The number of nitrogens with one attached hydrogen (secondary N) is 2. The van der Waals surface area contributed by atoms with Crippen molar-refractivity contribution in [2.45, 2.75) is 18.8 Å². The van der Waals surface area contributed by atoms with Crippen LogP contribution in [0.1, 0.15) is 24.6 Å². The second kappa shape index (κ2) is 7.29. The molecule has 1 saturated heterocycles. The van der Waals surface area contributed by atoms with Crippen LogP contribution in [0.5, 0.6) is 0 Å². The zero-order chi connectivity index (χ0) is 19.8. The fraction of sp³-hybridized carbons (Fsp3) is 0.261. The first-order valence-electron chi connectivity index (χ1n) is 9.99. The van der Waals surface area contributed by atoms with Gasteiger partial charge in [0.1, 0.15) is 5.82 Å². The highest BCUT2D eigenvalue weighted by atomic mass is 16.1. The maximum Gasteiger partial charge on any atom is 0.258 e. The summed E-state index contributed by atoms with van der Waals surface area (Å²) in [6.07, 6.45) is 5.74. The number of fused-ring (bicyclic) bond motifs is 1. The first-order chi connectivity index (χ1) is 14.2. The summed E-state index contributed by atoms with van der Waals surface area (Å²) in [5.74, 6) is 1.16. The molecular formula is C23H23N5O. The van der Waals surface area contributed by atoms with Crippen molar-refractivity contribution in [1.29, 1.82) is 0 Å². The minimum absolute atomic E-state index is 0.0548. The Balaban J connectivity index is 1.47. The third kappa shape index (κ3) is 3.47. The molecule has 2 aromatic heterocycles. The quantitative estimate of drug-likeness (QED) is 0.562. The normalized spacial score (nSPS) is 15.8. The first-order valence-corrected chi connectivity index (χ1v) is 9.99. The highest BCUT2D eigenvalue weighted by molar-refractivity contribution is 5.84. The summed E-state index contributed by atoms with van der Waals surface area (Å²) >= 11 is 0. The lowest BCUT2D eigenvalue weighted by Crippen LogP contribution is -2.30. The van der Waals surface area contributed by atoms with Crippen molar-refractivity contribution < 1.29 is 0 Å². The Bertz CT molecular complexity index is 1190. The molecule has 3 heterocycles. The molecule has 0 radical (unpaired) electrons. The van der Waals surface area contributed by atoms with Gasteiger partial charge in [-0.2, -0.15) is 5.10 Å². The van der Waals surface area contributed by atoms with Gasteiger partial charge in [0.15, 0.2) is 0 Å². The molecule has 6 heteroatoms. The van der Waals surface area contributed by atoms with Gasteiger partial charge in [-0.15, -0.1) is 0 Å². The van der Waals surface area contributed by atoms with Gasteiger partial charge in [0.05, 0.1) is 17.1 Å². The molecule has 0 bridgehead atoms. The van der Waals surface area contributed by atoms with Gasteiger partial charge in [-0.05, 0) is 61.8 Å². The summed E-state index contributed by atoms with van der Waals surface area (Å²) in [7, 11) is 2.13. The number of H-pyrrole nitrogens is 2. The zero-order valence-corrected chi connectivity index (χ0v) is 16.4. The van der Waals surface area contributed by atoms with Crippen LogP contribution in [-0.2, 0) is 0 Å². The summed E-state index contributed by atoms with van der Waals surface area (Å²) in [5.41, 5.74) is 4.94. The molecule has 0 saturated carbocycles. The zero-order valence-electron chi connectivity index (χ0n) is 16.4. The fourth-order valence-electron chi connectivity index (χ4n) is 4.08. The molecule has 1 aliphatic rings. The van der Waals surface area contributed by atoms with Gasteiger partial charge < -0.3 is 9.88 Å². The molecule has 0 amide bonds. The van der Waals surface area contributed by atoms with Crippen molar-refractivity contribution in [1.82, 2.24) is 25.1 Å². The first kappa shape index (κ1) is 17.8. The number of hydrogen-bond acceptors (Lipinski definition) is 4. The van der Waals surface area contributed by atoms with E-state index in [0.29, 0.717) is 11.3 Å². The predicted octanol–water partition coefficient (Wildman–Crippen LogP) is 3.79. The van der Waals surface area contributed by atoms with Gasteiger partial charge in [-0.25, -0.2) is 4.98 Å². The fourth-order valence-corrected chi connectivity index (χ4v) is 4.08. The second-order valence-corrected chi connectivity index (χ2v) is 7.82. The lowest BCUT2D eigenvalue weighted by Gasteiger charge is -2.28. The SMILES string of the molecule is CN1CCC(c2nc3ccc(-c4ccc(-c5cn[nH]c5)cc4)cc3c(=O)[nH]2)CC1. The number of aromatic amines is 2. The molecule has 0 unspecified atom stereocenters. The van der Waals surface area contributed by atoms with Crippen LogP contribution in [0.3, 0.4) is 0 Å². The maximum absolute atomic E-state index is 12.8. The van der Waals surface area contributed by atoms with Crippen LogP contribution in [0.2, 0.25) is 0 Å². The molecule has 5 rings (SSSR count). The van der Waals surface area contributed by atoms with Crippen molar-refractivity contribution in [3.05, 3.63) is 71.0 Å². The average Bonchev–Trinajstić information content (AvgIpc) is 3.29. The monoisotopic (exact) mass is 385 g/mol. The van der Waals surface area contributed by atoms with Crippen LogP contribution in [0.25, 0.3) is 33.2 Å². The van der Waals surface area contributed by atoms with Crippen LogP contribution in [0.4, 0.5) is 0 Å². The standard InChI is InChI=1S/C23H23N5O/c1-28-10-8-17(9-11-28)22-26-21-7-6-18(12-20(21)23(29)27-22)15-2-4-16(5-3-15)19-13-24-25-14-19/h2-7,12-14,17H,8-11H2,1H3,(H,24,25)(H,26,27,29). The average molecular weight is 385 g/mol. The van der Waals surface area contributed by atoms with Crippen molar-refractivity contribution >= 4 is 10.9 Å². The molecule has 0 spiro atoms. The van der Waals surface area contributed by atoms with Crippen LogP contribution in [0, 0.1) is 0 Å². The van der Waals surface area contributed by atoms with E-state index in [9.17, 15) is 4.79 Å². The smallest absolute Gasteiger partial charge is 0.258 e. The van der Waals surface area contributed by atoms with Gasteiger partial charge in [-0.3, -0.25) is 9.89 Å². The van der Waals surface area contributed by atoms with Gasteiger partial charge in [0.2, 0.25) is 0 Å². The number of nitrogens with zero attached hydrogens (tertiary/aromatic N) is 3. The van der Waals surface area contributed by atoms with Crippen LogP contribution >= 0.6 is 0 Å². The van der Waals surface area contributed by atoms with Crippen molar-refractivity contribution in [2.24, 2.45) is 0 Å². The van der Waals surface area contributed by atoms with E-state index >= 15 is 0 Å². The van der Waals surface area contributed by atoms with E-state index in [1.807, 2.05) is 24.4 Å². The highest BCUT2D eigenvalue weighted by Gasteiger charge is 2.21. The topological polar surface area (TPSA) is 77.7 Å². The molecule has 0 atom stereocenters. The maximum atomic E-state index is 12.8. The van der Waals surface area contributed by atoms with E-state index in [-0.39, 0.29) is 5.56 Å². The number of likely N-dealkylation sites (tertiary alicyclic amines) is 1. The number of benzene rings is 2. The van der Waals surface area contributed by atoms with Crippen LogP contribution in [0.15, 0.2) is 59.7 Å². The highest BCUT2D eigenvalue weighted by Crippen LogP contribution is 2.28. The number of hydrogen-bond donors (Lipinski definition) is 2. The van der Waals surface area contributed by atoms with E-state index in [1.54, 1.807) is 6.20 Å². The summed E-state index contributed by atoms with van der Waals surface area (Å²) in [6, 6.07) is 14.2. The van der Waals surface area contributed by atoms with Crippen LogP contribution in [-0.4, -0.2) is 45.2 Å². The Hall–Kier alpha value is -3.25. The van der Waals surface area contributed by atoms with E-state index in [2.05, 4.69) is 51.4 Å². The van der Waals surface area contributed by atoms with E-state index in [0.717, 1.165) is 59.5 Å². The van der Waals surface area contributed by atoms with Gasteiger partial charge >= 0.3 is 0 Å². The Morgan fingerprint density at radius 3 is 2.34 bits per heavy atom. The summed E-state index contributed by atoms with van der Waals surface area (Å²) in [6.45, 7) is 2.08. The largest absolute Gasteiger partial charge is 0.310 e. The predicted molar refractivity (Wildman–Crippen MR) is 115 cm³/mol. The molecular weight excluding hydrogens is 362 g/mol.